The molecule has 0 rings (SSSR count). The molecular weight excluding hydrogens is 291 g/mol. The van der Waals surface area contributed by atoms with Crippen LogP contribution in [-0.4, -0.2) is 51.2 Å². The van der Waals surface area contributed by atoms with E-state index in [0.29, 0.717) is 5.78 Å². The van der Waals surface area contributed by atoms with Crippen LogP contribution >= 0.6 is 0 Å². The zero-order valence-electron chi connectivity index (χ0n) is 12.8. The number of rotatable bonds is 11. The average Bonchev–Trinajstić information content (AvgIpc) is 2.34. The summed E-state index contributed by atoms with van der Waals surface area (Å²) in [6.07, 6.45) is 12.9. The first kappa shape index (κ1) is 22.8. The quantitative estimate of drug-likeness (QED) is 0.346. The van der Waals surface area contributed by atoms with Gasteiger partial charge in [-0.25, -0.2) is 0 Å². The topological polar surface area (TPSA) is 91.7 Å². The van der Waals surface area contributed by atoms with Crippen molar-refractivity contribution in [3.63, 3.8) is 0 Å². The predicted octanol–water partition coefficient (Wildman–Crippen LogP) is 3.41. The molecule has 0 aliphatic carbocycles. The number of carbonyl (C=O) groups is 1. The number of unbranched alkanes of at least 4 members (excludes halogenated alkanes) is 8. The molecule has 0 aromatic heterocycles. The predicted molar refractivity (Wildman–Crippen MR) is 81.6 cm³/mol. The Morgan fingerprint density at radius 1 is 0.900 bits per heavy atom. The minimum atomic E-state index is -4.67. The van der Waals surface area contributed by atoms with Gasteiger partial charge in [0.05, 0.1) is 0 Å². The smallest absolute Gasteiger partial charge is 0.264 e. The average molecular weight is 318 g/mol. The maximum absolute atomic E-state index is 11.1. The van der Waals surface area contributed by atoms with E-state index in [0.717, 1.165) is 44.4 Å². The fourth-order valence-electron chi connectivity index (χ4n) is 1.81. The van der Waals surface area contributed by atoms with Crippen LogP contribution in [0.25, 0.3) is 0 Å². The molecule has 0 aromatic carbocycles. The van der Waals surface area contributed by atoms with Gasteiger partial charge in [-0.15, -0.1) is 0 Å². The van der Waals surface area contributed by atoms with Gasteiger partial charge >= 0.3 is 117 Å². The fraction of sp³-hybridized carbons (Fsp3) is 0.923. The molecule has 7 heteroatoms. The van der Waals surface area contributed by atoms with Crippen molar-refractivity contribution < 1.29 is 22.3 Å². The summed E-state index contributed by atoms with van der Waals surface area (Å²) in [6.45, 7) is 2.26. The van der Waals surface area contributed by atoms with Gasteiger partial charge in [0.1, 0.15) is 0 Å². The minimum Gasteiger partial charge on any atom is -0.264 e. The van der Waals surface area contributed by atoms with E-state index < -0.39 is 10.4 Å². The maximum atomic E-state index is 11.1. The minimum absolute atomic E-state index is 0.490. The van der Waals surface area contributed by atoms with Crippen molar-refractivity contribution in [2.24, 2.45) is 0 Å². The SMILES string of the molecule is CCCCCCCCCCCC(=O)[CH2][Na].O=S(=O)(O)O. The Bertz CT molecular complexity index is 309. The van der Waals surface area contributed by atoms with Crippen LogP contribution in [0.4, 0.5) is 0 Å². The van der Waals surface area contributed by atoms with Gasteiger partial charge in [0.2, 0.25) is 0 Å². The van der Waals surface area contributed by atoms with Gasteiger partial charge in [-0.3, -0.25) is 9.11 Å². The van der Waals surface area contributed by atoms with Crippen molar-refractivity contribution in [3.05, 3.63) is 0 Å². The van der Waals surface area contributed by atoms with E-state index >= 15 is 0 Å². The third-order valence-electron chi connectivity index (χ3n) is 2.95. The van der Waals surface area contributed by atoms with E-state index in [9.17, 15) is 4.79 Å². The van der Waals surface area contributed by atoms with Crippen LogP contribution in [0, 0.1) is 0 Å². The molecule has 20 heavy (non-hydrogen) atoms. The Balaban J connectivity index is 0. The Kier molecular flexibility index (Phi) is 18.2. The van der Waals surface area contributed by atoms with E-state index in [4.69, 9.17) is 17.5 Å². The fourth-order valence-corrected chi connectivity index (χ4v) is 2.16. The normalized spacial score (nSPS) is 10.8. The van der Waals surface area contributed by atoms with Gasteiger partial charge in [0.15, 0.2) is 0 Å². The second kappa shape index (κ2) is 15.9. The van der Waals surface area contributed by atoms with Crippen LogP contribution in [0.5, 0.6) is 0 Å². The summed E-state index contributed by atoms with van der Waals surface area (Å²) in [5.41, 5.74) is 0. The van der Waals surface area contributed by atoms with Crippen molar-refractivity contribution in [2.45, 2.75) is 74.8 Å². The van der Waals surface area contributed by atoms with Crippen LogP contribution in [0.2, 0.25) is 3.67 Å². The molecule has 116 valence electrons. The van der Waals surface area contributed by atoms with E-state index in [1.54, 1.807) is 0 Å². The van der Waals surface area contributed by atoms with Gasteiger partial charge in [-0.2, -0.15) is 8.42 Å². The number of carbonyl (C=O) groups excluding carboxylic acids is 1. The van der Waals surface area contributed by atoms with Crippen LogP contribution in [0.1, 0.15) is 71.1 Å². The summed E-state index contributed by atoms with van der Waals surface area (Å²) in [4.78, 5) is 11.1. The molecule has 0 bridgehead atoms. The second-order valence-corrected chi connectivity index (χ2v) is 6.52. The standard InChI is InChI=1S/C13H25O.Na.H2O4S/c1-3-4-5-6-7-8-9-10-11-12-13(2)14;;1-5(2,3)4/h2-12H2,1H3;;(H2,1,2,3,4). The van der Waals surface area contributed by atoms with E-state index in [-0.39, 0.29) is 0 Å². The molecule has 0 atom stereocenters. The molecule has 2 N–H and O–H groups in total. The first-order valence-electron chi connectivity index (χ1n) is 7.52. The monoisotopic (exact) mass is 318 g/mol. The summed E-state index contributed by atoms with van der Waals surface area (Å²) in [7, 11) is -4.67. The summed E-state index contributed by atoms with van der Waals surface area (Å²) in [5, 5.41) is 0. The Labute approximate surface area is 140 Å². The molecule has 0 aromatic rings. The van der Waals surface area contributed by atoms with Gasteiger partial charge in [-0.1, -0.05) is 6.92 Å². The number of hydrogen-bond acceptors (Lipinski definition) is 3. The molecule has 0 amide bonds. The van der Waals surface area contributed by atoms with Gasteiger partial charge < -0.3 is 0 Å². The molecule has 0 unspecified atom stereocenters. The molecule has 0 fully saturated rings. The molecule has 0 radical (unpaired) electrons. The maximum Gasteiger partial charge on any atom is 0.394 e. The zero-order valence-corrected chi connectivity index (χ0v) is 15.6. The second-order valence-electron chi connectivity index (χ2n) is 4.92. The van der Waals surface area contributed by atoms with Crippen LogP contribution < -0.4 is 0 Å². The molecule has 5 nitrogen and oxygen atoms in total. The Morgan fingerprint density at radius 3 is 1.60 bits per heavy atom. The Hall–Kier alpha value is 0.540. The van der Waals surface area contributed by atoms with E-state index in [1.807, 2.05) is 0 Å². The third-order valence-corrected chi connectivity index (χ3v) is 3.74. The van der Waals surface area contributed by atoms with Gasteiger partial charge in [-0.05, 0) is 0 Å². The third kappa shape index (κ3) is 31.1. The molecule has 0 heterocycles. The van der Waals surface area contributed by atoms with Crippen LogP contribution in [-0.2, 0) is 15.2 Å². The van der Waals surface area contributed by atoms with Crippen molar-refractivity contribution in [1.82, 2.24) is 0 Å². The first-order valence-corrected chi connectivity index (χ1v) is 10.3. The molecule has 0 saturated carbocycles. The number of hydrogen-bond donors (Lipinski definition) is 2. The molecule has 0 spiro atoms. The van der Waals surface area contributed by atoms with Crippen LogP contribution in [0.15, 0.2) is 0 Å². The molecule has 0 aliphatic rings. The van der Waals surface area contributed by atoms with Crippen molar-refractivity contribution in [1.29, 1.82) is 0 Å². The summed E-state index contributed by atoms with van der Waals surface area (Å²) in [5.74, 6) is 0.490. The molecular formula is C13H27NaO5S. The summed E-state index contributed by atoms with van der Waals surface area (Å²) < 4.78 is 32.4. The number of ketones is 1. The Morgan fingerprint density at radius 2 is 1.25 bits per heavy atom. The van der Waals surface area contributed by atoms with Gasteiger partial charge in [0.25, 0.3) is 0 Å². The van der Waals surface area contributed by atoms with Crippen molar-refractivity contribution >= 4 is 44.1 Å². The largest absolute Gasteiger partial charge is 0.394 e. The summed E-state index contributed by atoms with van der Waals surface area (Å²) >= 11 is 1.04. The van der Waals surface area contributed by atoms with E-state index in [2.05, 4.69) is 6.92 Å². The van der Waals surface area contributed by atoms with E-state index in [1.165, 1.54) is 51.4 Å². The van der Waals surface area contributed by atoms with Crippen molar-refractivity contribution in [3.8, 4) is 0 Å². The molecule has 0 saturated heterocycles. The first-order chi connectivity index (χ1) is 9.31. The zero-order chi connectivity index (χ0) is 15.9. The van der Waals surface area contributed by atoms with Crippen LogP contribution in [0.3, 0.4) is 0 Å². The van der Waals surface area contributed by atoms with Crippen molar-refractivity contribution in [2.75, 3.05) is 0 Å². The molecule has 0 aliphatic heterocycles. The summed E-state index contributed by atoms with van der Waals surface area (Å²) in [6, 6.07) is 0. The number of Topliss-reactive ketones (excluding diaryl/α,β-unsaturated/α-hetero) is 1. The van der Waals surface area contributed by atoms with Gasteiger partial charge in [0, 0.05) is 0 Å².